The zero-order valence-electron chi connectivity index (χ0n) is 8.82. The molecule has 0 rings (SSSR count). The highest BCUT2D eigenvalue weighted by molar-refractivity contribution is 5.51. The van der Waals surface area contributed by atoms with Crippen molar-refractivity contribution in [3.8, 4) is 0 Å². The van der Waals surface area contributed by atoms with Crippen LogP contribution in [0.3, 0.4) is 0 Å². The molecule has 0 aromatic rings. The average molecular weight is 184 g/mol. The Hall–Kier alpha value is -0.630. The molecule has 0 aliphatic heterocycles. The molecule has 2 nitrogen and oxygen atoms in total. The van der Waals surface area contributed by atoms with Crippen molar-refractivity contribution in [2.45, 2.75) is 39.2 Å². The molecular weight excluding hydrogens is 164 g/mol. The summed E-state index contributed by atoms with van der Waals surface area (Å²) in [6, 6.07) is 0. The first-order valence-electron chi connectivity index (χ1n) is 4.87. The third kappa shape index (κ3) is 6.52. The van der Waals surface area contributed by atoms with E-state index in [-0.39, 0.29) is 6.10 Å². The van der Waals surface area contributed by atoms with E-state index in [4.69, 9.17) is 4.74 Å². The van der Waals surface area contributed by atoms with Gasteiger partial charge in [-0.3, -0.25) is 0 Å². The maximum atomic E-state index is 10.1. The average Bonchev–Trinajstić information content (AvgIpc) is 2.16. The number of allylic oxidation sites excluding steroid dienone is 1. The SMILES string of the molecule is CCC(C)CC(/C=C/CC=O)OC. The lowest BCUT2D eigenvalue weighted by atomic mass is 10.0. The number of carbonyl (C=O) groups is 1. The molecule has 76 valence electrons. The van der Waals surface area contributed by atoms with Crippen LogP contribution in [0.4, 0.5) is 0 Å². The topological polar surface area (TPSA) is 26.3 Å². The smallest absolute Gasteiger partial charge is 0.123 e. The third-order valence-corrected chi connectivity index (χ3v) is 2.22. The van der Waals surface area contributed by atoms with Gasteiger partial charge >= 0.3 is 0 Å². The van der Waals surface area contributed by atoms with Gasteiger partial charge in [-0.1, -0.05) is 32.4 Å². The van der Waals surface area contributed by atoms with Crippen molar-refractivity contribution in [2.24, 2.45) is 5.92 Å². The molecule has 2 unspecified atom stereocenters. The van der Waals surface area contributed by atoms with Gasteiger partial charge in [-0.05, 0) is 12.3 Å². The summed E-state index contributed by atoms with van der Waals surface area (Å²) in [7, 11) is 1.71. The van der Waals surface area contributed by atoms with Gasteiger partial charge in [0.1, 0.15) is 6.29 Å². The van der Waals surface area contributed by atoms with Crippen LogP contribution < -0.4 is 0 Å². The van der Waals surface area contributed by atoms with E-state index in [2.05, 4.69) is 13.8 Å². The standard InChI is InChI=1S/C11H20O2/c1-4-10(2)9-11(13-3)7-5-6-8-12/h5,7-8,10-11H,4,6,9H2,1-3H3/b7-5+. The Morgan fingerprint density at radius 2 is 2.15 bits per heavy atom. The van der Waals surface area contributed by atoms with Gasteiger partial charge in [0.05, 0.1) is 6.10 Å². The highest BCUT2D eigenvalue weighted by atomic mass is 16.5. The molecule has 2 heteroatoms. The summed E-state index contributed by atoms with van der Waals surface area (Å²) in [6.45, 7) is 4.38. The Morgan fingerprint density at radius 1 is 1.46 bits per heavy atom. The zero-order chi connectivity index (χ0) is 10.1. The molecule has 0 aliphatic rings. The van der Waals surface area contributed by atoms with Gasteiger partial charge in [0.2, 0.25) is 0 Å². The van der Waals surface area contributed by atoms with Gasteiger partial charge < -0.3 is 9.53 Å². The van der Waals surface area contributed by atoms with E-state index in [9.17, 15) is 4.79 Å². The normalized spacial score (nSPS) is 15.9. The van der Waals surface area contributed by atoms with Crippen LogP contribution in [0.1, 0.15) is 33.1 Å². The predicted octanol–water partition coefficient (Wildman–Crippen LogP) is 2.58. The summed E-state index contributed by atoms with van der Waals surface area (Å²) in [6.07, 6.45) is 7.58. The molecule has 0 saturated heterocycles. The largest absolute Gasteiger partial charge is 0.377 e. The van der Waals surface area contributed by atoms with Crippen molar-refractivity contribution in [1.29, 1.82) is 0 Å². The van der Waals surface area contributed by atoms with E-state index in [0.29, 0.717) is 12.3 Å². The first-order chi connectivity index (χ1) is 6.24. The maximum absolute atomic E-state index is 10.1. The molecule has 0 aromatic carbocycles. The fourth-order valence-electron chi connectivity index (χ4n) is 1.10. The monoisotopic (exact) mass is 184 g/mol. The molecule has 0 aliphatic carbocycles. The second-order valence-corrected chi connectivity index (χ2v) is 3.35. The van der Waals surface area contributed by atoms with Crippen molar-refractivity contribution in [3.05, 3.63) is 12.2 Å². The molecule has 2 atom stereocenters. The van der Waals surface area contributed by atoms with Crippen LogP contribution in [0.15, 0.2) is 12.2 Å². The van der Waals surface area contributed by atoms with E-state index < -0.39 is 0 Å². The minimum atomic E-state index is 0.162. The van der Waals surface area contributed by atoms with Crippen LogP contribution in [-0.2, 0) is 9.53 Å². The molecule has 0 amide bonds. The van der Waals surface area contributed by atoms with E-state index in [1.54, 1.807) is 7.11 Å². The van der Waals surface area contributed by atoms with Crippen LogP contribution in [0.25, 0.3) is 0 Å². The number of ether oxygens (including phenoxy) is 1. The van der Waals surface area contributed by atoms with Crippen LogP contribution in [0.5, 0.6) is 0 Å². The van der Waals surface area contributed by atoms with Gasteiger partial charge in [0.15, 0.2) is 0 Å². The number of methoxy groups -OCH3 is 1. The minimum Gasteiger partial charge on any atom is -0.377 e. The molecule has 0 heterocycles. The van der Waals surface area contributed by atoms with Crippen LogP contribution in [-0.4, -0.2) is 19.5 Å². The lowest BCUT2D eigenvalue weighted by Crippen LogP contribution is -2.11. The van der Waals surface area contributed by atoms with Gasteiger partial charge in [0, 0.05) is 13.5 Å². The van der Waals surface area contributed by atoms with Crippen molar-refractivity contribution >= 4 is 6.29 Å². The van der Waals surface area contributed by atoms with E-state index in [1.807, 2.05) is 12.2 Å². The van der Waals surface area contributed by atoms with E-state index in [0.717, 1.165) is 12.7 Å². The van der Waals surface area contributed by atoms with Crippen LogP contribution in [0.2, 0.25) is 0 Å². The molecular formula is C11H20O2. The van der Waals surface area contributed by atoms with Gasteiger partial charge in [-0.2, -0.15) is 0 Å². The first kappa shape index (κ1) is 12.4. The summed E-state index contributed by atoms with van der Waals surface area (Å²) < 4.78 is 5.27. The molecule has 0 bridgehead atoms. The van der Waals surface area contributed by atoms with Crippen molar-refractivity contribution < 1.29 is 9.53 Å². The number of hydrogen-bond acceptors (Lipinski definition) is 2. The van der Waals surface area contributed by atoms with Crippen molar-refractivity contribution in [3.63, 3.8) is 0 Å². The van der Waals surface area contributed by atoms with Crippen molar-refractivity contribution in [1.82, 2.24) is 0 Å². The number of carbonyl (C=O) groups excluding carboxylic acids is 1. The lowest BCUT2D eigenvalue weighted by molar-refractivity contribution is -0.107. The predicted molar refractivity (Wildman–Crippen MR) is 54.7 cm³/mol. The second kappa shape index (κ2) is 7.99. The van der Waals surface area contributed by atoms with Crippen molar-refractivity contribution in [2.75, 3.05) is 7.11 Å². The molecule has 0 radical (unpaired) electrons. The summed E-state index contributed by atoms with van der Waals surface area (Å²) in [4.78, 5) is 10.1. The first-order valence-corrected chi connectivity index (χ1v) is 4.87. The quantitative estimate of drug-likeness (QED) is 0.449. The molecule has 0 saturated carbocycles. The summed E-state index contributed by atoms with van der Waals surface area (Å²) in [5.41, 5.74) is 0. The van der Waals surface area contributed by atoms with Gasteiger partial charge in [-0.25, -0.2) is 0 Å². The Labute approximate surface area is 81.0 Å². The van der Waals surface area contributed by atoms with Gasteiger partial charge in [-0.15, -0.1) is 0 Å². The van der Waals surface area contributed by atoms with E-state index in [1.165, 1.54) is 6.42 Å². The molecule has 0 aromatic heterocycles. The second-order valence-electron chi connectivity index (χ2n) is 3.35. The third-order valence-electron chi connectivity index (χ3n) is 2.22. The summed E-state index contributed by atoms with van der Waals surface area (Å²) >= 11 is 0. The van der Waals surface area contributed by atoms with E-state index >= 15 is 0 Å². The fraction of sp³-hybridized carbons (Fsp3) is 0.727. The molecule has 0 spiro atoms. The molecule has 13 heavy (non-hydrogen) atoms. The molecule has 0 fully saturated rings. The summed E-state index contributed by atoms with van der Waals surface area (Å²) in [5.74, 6) is 0.672. The Balaban J connectivity index is 3.80. The highest BCUT2D eigenvalue weighted by Gasteiger charge is 2.07. The molecule has 0 N–H and O–H groups in total. The number of hydrogen-bond donors (Lipinski definition) is 0. The minimum absolute atomic E-state index is 0.162. The fourth-order valence-corrected chi connectivity index (χ4v) is 1.10. The lowest BCUT2D eigenvalue weighted by Gasteiger charge is -2.14. The van der Waals surface area contributed by atoms with Gasteiger partial charge in [0.25, 0.3) is 0 Å². The Kier molecular flexibility index (Phi) is 7.60. The number of aldehydes is 1. The Morgan fingerprint density at radius 3 is 2.62 bits per heavy atom. The Bertz CT molecular complexity index is 152. The zero-order valence-corrected chi connectivity index (χ0v) is 8.82. The number of rotatable bonds is 7. The summed E-state index contributed by atoms with van der Waals surface area (Å²) in [5, 5.41) is 0. The van der Waals surface area contributed by atoms with Crippen LogP contribution >= 0.6 is 0 Å². The van der Waals surface area contributed by atoms with Crippen LogP contribution in [0, 0.1) is 5.92 Å². The highest BCUT2D eigenvalue weighted by Crippen LogP contribution is 2.12. The maximum Gasteiger partial charge on any atom is 0.123 e.